The average molecular weight is 255 g/mol. The molecular weight excluding hydrogens is 226 g/mol. The average Bonchev–Trinajstić information content (AvgIpc) is 2.42. The summed E-state index contributed by atoms with van der Waals surface area (Å²) in [6.45, 7) is 9.10. The van der Waals surface area contributed by atoms with E-state index in [4.69, 9.17) is 5.73 Å². The lowest BCUT2D eigenvalue weighted by Gasteiger charge is -2.37. The first kappa shape index (κ1) is 15.4. The van der Waals surface area contributed by atoms with Crippen molar-refractivity contribution in [2.24, 2.45) is 5.73 Å². The third kappa shape index (κ3) is 4.94. The molecule has 1 unspecified atom stereocenters. The van der Waals surface area contributed by atoms with Crippen molar-refractivity contribution in [3.63, 3.8) is 0 Å². The van der Waals surface area contributed by atoms with Crippen LogP contribution in [0.3, 0.4) is 0 Å². The summed E-state index contributed by atoms with van der Waals surface area (Å²) < 4.78 is 0. The van der Waals surface area contributed by atoms with E-state index in [1.165, 1.54) is 6.42 Å². The highest BCUT2D eigenvalue weighted by atomic mass is 16.2. The van der Waals surface area contributed by atoms with Gasteiger partial charge in [0.2, 0.25) is 5.91 Å². The van der Waals surface area contributed by atoms with E-state index in [0.29, 0.717) is 18.4 Å². The van der Waals surface area contributed by atoms with Crippen molar-refractivity contribution < 1.29 is 4.79 Å². The van der Waals surface area contributed by atoms with Crippen molar-refractivity contribution >= 4 is 5.91 Å². The molecule has 1 rings (SSSR count). The molecule has 0 aromatic heterocycles. The van der Waals surface area contributed by atoms with Crippen LogP contribution in [0, 0.1) is 0 Å². The van der Waals surface area contributed by atoms with Gasteiger partial charge < -0.3 is 10.6 Å². The van der Waals surface area contributed by atoms with Gasteiger partial charge in [0.25, 0.3) is 0 Å². The summed E-state index contributed by atoms with van der Waals surface area (Å²) in [6.07, 6.45) is 4.99. The molecule has 0 aromatic carbocycles. The quantitative estimate of drug-likeness (QED) is 0.701. The summed E-state index contributed by atoms with van der Waals surface area (Å²) in [7, 11) is 0. The number of carbonyl (C=O) groups excluding carboxylic acids is 1. The van der Waals surface area contributed by atoms with E-state index in [1.807, 2.05) is 4.90 Å². The summed E-state index contributed by atoms with van der Waals surface area (Å²) in [5.74, 6) is 0.329. The Morgan fingerprint density at radius 2 is 1.83 bits per heavy atom. The van der Waals surface area contributed by atoms with Gasteiger partial charge in [0.15, 0.2) is 0 Å². The minimum Gasteiger partial charge on any atom is -0.340 e. The molecule has 0 bridgehead atoms. The summed E-state index contributed by atoms with van der Waals surface area (Å²) >= 11 is 0. The van der Waals surface area contributed by atoms with Gasteiger partial charge in [-0.1, -0.05) is 13.3 Å². The Morgan fingerprint density at radius 1 is 1.17 bits per heavy atom. The maximum absolute atomic E-state index is 12.0. The summed E-state index contributed by atoms with van der Waals surface area (Å²) in [4.78, 5) is 16.5. The third-order valence-electron chi connectivity index (χ3n) is 3.98. The number of unbranched alkanes of at least 4 members (excludes halogenated alkanes) is 2. The highest BCUT2D eigenvalue weighted by molar-refractivity contribution is 5.76. The second kappa shape index (κ2) is 8.48. The molecule has 0 saturated carbocycles. The van der Waals surface area contributed by atoms with Gasteiger partial charge in [-0.25, -0.2) is 0 Å². The number of nitrogens with two attached hydrogens (primary N) is 1. The van der Waals surface area contributed by atoms with Crippen LogP contribution < -0.4 is 5.73 Å². The van der Waals surface area contributed by atoms with Crippen molar-refractivity contribution in [2.45, 2.75) is 52.0 Å². The maximum atomic E-state index is 12.0. The predicted octanol–water partition coefficient (Wildman–Crippen LogP) is 1.45. The van der Waals surface area contributed by atoms with Crippen LogP contribution in [0.1, 0.15) is 46.0 Å². The fourth-order valence-electron chi connectivity index (χ4n) is 2.43. The van der Waals surface area contributed by atoms with Crippen LogP contribution in [0.2, 0.25) is 0 Å². The Kier molecular flexibility index (Phi) is 7.28. The lowest BCUT2D eigenvalue weighted by atomic mass is 10.1. The van der Waals surface area contributed by atoms with Crippen molar-refractivity contribution in [1.82, 2.24) is 9.80 Å². The van der Waals surface area contributed by atoms with Gasteiger partial charge in [-0.2, -0.15) is 0 Å². The normalized spacial score (nSPS) is 18.9. The Morgan fingerprint density at radius 3 is 2.39 bits per heavy atom. The minimum absolute atomic E-state index is 0.329. The van der Waals surface area contributed by atoms with Crippen molar-refractivity contribution in [1.29, 1.82) is 0 Å². The Balaban J connectivity index is 2.19. The van der Waals surface area contributed by atoms with E-state index in [9.17, 15) is 4.79 Å². The number of piperazine rings is 1. The smallest absolute Gasteiger partial charge is 0.222 e. The van der Waals surface area contributed by atoms with Crippen LogP contribution in [0.4, 0.5) is 0 Å². The number of hydrogen-bond donors (Lipinski definition) is 1. The highest BCUT2D eigenvalue weighted by Gasteiger charge is 2.22. The van der Waals surface area contributed by atoms with Crippen LogP contribution >= 0.6 is 0 Å². The van der Waals surface area contributed by atoms with Crippen LogP contribution in [-0.2, 0) is 4.79 Å². The van der Waals surface area contributed by atoms with Crippen molar-refractivity contribution in [3.8, 4) is 0 Å². The molecule has 1 fully saturated rings. The number of carbonyl (C=O) groups is 1. The van der Waals surface area contributed by atoms with E-state index in [2.05, 4.69) is 18.7 Å². The zero-order valence-corrected chi connectivity index (χ0v) is 12.0. The standard InChI is InChI=1S/C14H29N3O/c1-3-13(2)16-9-11-17(12-10-16)14(18)7-5-4-6-8-15/h13H,3-12,15H2,1-2H3. The van der Waals surface area contributed by atoms with Gasteiger partial charge in [0.05, 0.1) is 0 Å². The van der Waals surface area contributed by atoms with E-state index >= 15 is 0 Å². The van der Waals surface area contributed by atoms with Gasteiger partial charge in [0, 0.05) is 38.6 Å². The first-order valence-electron chi connectivity index (χ1n) is 7.41. The molecule has 4 heteroatoms. The van der Waals surface area contributed by atoms with E-state index in [-0.39, 0.29) is 0 Å². The Hall–Kier alpha value is -0.610. The minimum atomic E-state index is 0.329. The van der Waals surface area contributed by atoms with E-state index < -0.39 is 0 Å². The lowest BCUT2D eigenvalue weighted by Crippen LogP contribution is -2.51. The maximum Gasteiger partial charge on any atom is 0.222 e. The van der Waals surface area contributed by atoms with E-state index in [1.54, 1.807) is 0 Å². The van der Waals surface area contributed by atoms with E-state index in [0.717, 1.165) is 52.0 Å². The van der Waals surface area contributed by atoms with Crippen LogP contribution in [0.25, 0.3) is 0 Å². The summed E-state index contributed by atoms with van der Waals surface area (Å²) in [6, 6.07) is 0.645. The van der Waals surface area contributed by atoms with Crippen molar-refractivity contribution in [2.75, 3.05) is 32.7 Å². The second-order valence-corrected chi connectivity index (χ2v) is 5.27. The zero-order chi connectivity index (χ0) is 13.4. The molecule has 1 heterocycles. The second-order valence-electron chi connectivity index (χ2n) is 5.27. The molecule has 1 aliphatic rings. The molecule has 1 amide bonds. The monoisotopic (exact) mass is 255 g/mol. The molecule has 0 aromatic rings. The van der Waals surface area contributed by atoms with Crippen molar-refractivity contribution in [3.05, 3.63) is 0 Å². The Bertz CT molecular complexity index is 237. The lowest BCUT2D eigenvalue weighted by molar-refractivity contribution is -0.133. The molecule has 1 aliphatic heterocycles. The molecule has 4 nitrogen and oxygen atoms in total. The topological polar surface area (TPSA) is 49.6 Å². The number of nitrogens with zero attached hydrogens (tertiary/aromatic N) is 2. The first-order valence-corrected chi connectivity index (χ1v) is 7.41. The van der Waals surface area contributed by atoms with Gasteiger partial charge in [0.1, 0.15) is 0 Å². The fraction of sp³-hybridized carbons (Fsp3) is 0.929. The summed E-state index contributed by atoms with van der Waals surface area (Å²) in [5, 5.41) is 0. The predicted molar refractivity (Wildman–Crippen MR) is 75.4 cm³/mol. The molecule has 2 N–H and O–H groups in total. The number of rotatable bonds is 7. The third-order valence-corrected chi connectivity index (χ3v) is 3.98. The molecule has 106 valence electrons. The highest BCUT2D eigenvalue weighted by Crippen LogP contribution is 2.11. The van der Waals surface area contributed by atoms with Gasteiger partial charge in [-0.3, -0.25) is 9.69 Å². The molecule has 1 atom stereocenters. The van der Waals surface area contributed by atoms with Crippen LogP contribution in [0.15, 0.2) is 0 Å². The molecule has 18 heavy (non-hydrogen) atoms. The number of amides is 1. The van der Waals surface area contributed by atoms with Gasteiger partial charge in [-0.15, -0.1) is 0 Å². The number of hydrogen-bond acceptors (Lipinski definition) is 3. The summed E-state index contributed by atoms with van der Waals surface area (Å²) in [5.41, 5.74) is 5.44. The Labute approximate surface area is 111 Å². The fourth-order valence-corrected chi connectivity index (χ4v) is 2.43. The molecular formula is C14H29N3O. The molecule has 0 aliphatic carbocycles. The largest absolute Gasteiger partial charge is 0.340 e. The van der Waals surface area contributed by atoms with Crippen LogP contribution in [-0.4, -0.2) is 54.5 Å². The van der Waals surface area contributed by atoms with Gasteiger partial charge in [-0.05, 0) is 32.7 Å². The SMILES string of the molecule is CCC(C)N1CCN(C(=O)CCCCCN)CC1. The molecule has 1 saturated heterocycles. The molecule has 0 radical (unpaired) electrons. The zero-order valence-electron chi connectivity index (χ0n) is 12.0. The first-order chi connectivity index (χ1) is 8.69. The van der Waals surface area contributed by atoms with Crippen LogP contribution in [0.5, 0.6) is 0 Å². The molecule has 0 spiro atoms. The van der Waals surface area contributed by atoms with Gasteiger partial charge >= 0.3 is 0 Å².